The fourth-order valence-corrected chi connectivity index (χ4v) is 3.20. The van der Waals surface area contributed by atoms with E-state index in [1.807, 2.05) is 68.4 Å². The van der Waals surface area contributed by atoms with Crippen LogP contribution in [0, 0.1) is 0 Å². The highest BCUT2D eigenvalue weighted by molar-refractivity contribution is 5.86. The second-order valence-corrected chi connectivity index (χ2v) is 7.08. The Morgan fingerprint density at radius 2 is 1.76 bits per heavy atom. The van der Waals surface area contributed by atoms with Crippen LogP contribution in [0.4, 0.5) is 4.79 Å². The molecule has 2 N–H and O–H groups in total. The maximum absolute atomic E-state index is 12.1. The molecule has 0 aliphatic heterocycles. The van der Waals surface area contributed by atoms with Gasteiger partial charge in [0.15, 0.2) is 0 Å². The number of carbonyl (C=O) groups excluding carboxylic acids is 2. The van der Waals surface area contributed by atoms with Crippen LogP contribution in [0.3, 0.4) is 0 Å². The van der Waals surface area contributed by atoms with Crippen LogP contribution in [0.1, 0.15) is 30.7 Å². The molecule has 1 heterocycles. The zero-order chi connectivity index (χ0) is 20.6. The van der Waals surface area contributed by atoms with Crippen molar-refractivity contribution < 1.29 is 19.1 Å². The smallest absolute Gasteiger partial charge is 0.407 e. The van der Waals surface area contributed by atoms with Gasteiger partial charge >= 0.3 is 12.1 Å². The fraction of sp³-hybridized carbons (Fsp3) is 0.304. The number of nitrogens with one attached hydrogen (secondary N) is 2. The number of alkyl carbamates (subject to hydrolysis) is 1. The number of esters is 1. The van der Waals surface area contributed by atoms with Gasteiger partial charge in [-0.2, -0.15) is 0 Å². The average molecular weight is 394 g/mol. The molecule has 1 aromatic heterocycles. The molecule has 1 amide bonds. The van der Waals surface area contributed by atoms with E-state index in [2.05, 4.69) is 10.3 Å². The van der Waals surface area contributed by atoms with Crippen LogP contribution in [0.15, 0.2) is 54.6 Å². The minimum Gasteiger partial charge on any atom is -0.463 e. The van der Waals surface area contributed by atoms with Crippen LogP contribution in [0.25, 0.3) is 10.9 Å². The van der Waals surface area contributed by atoms with Crippen molar-refractivity contribution in [3.63, 3.8) is 0 Å². The molecule has 3 rings (SSSR count). The molecule has 6 nitrogen and oxygen atoms in total. The molecule has 0 bridgehead atoms. The summed E-state index contributed by atoms with van der Waals surface area (Å²) in [6.07, 6.45) is 0.126. The SMILES string of the molecule is CC(C)OC(=O)Cc1[nH]c2ccccc2c1CCNC(=O)OCc1ccccc1. The Balaban J connectivity index is 1.60. The van der Waals surface area contributed by atoms with Crippen molar-refractivity contribution in [2.75, 3.05) is 6.54 Å². The molecule has 0 fully saturated rings. The van der Waals surface area contributed by atoms with Gasteiger partial charge in [-0.3, -0.25) is 4.79 Å². The van der Waals surface area contributed by atoms with Crippen molar-refractivity contribution >= 4 is 23.0 Å². The fourth-order valence-electron chi connectivity index (χ4n) is 3.20. The summed E-state index contributed by atoms with van der Waals surface area (Å²) >= 11 is 0. The maximum Gasteiger partial charge on any atom is 0.407 e. The molecular weight excluding hydrogens is 368 g/mol. The van der Waals surface area contributed by atoms with Gasteiger partial charge < -0.3 is 19.8 Å². The van der Waals surface area contributed by atoms with Gasteiger partial charge in [-0.15, -0.1) is 0 Å². The Kier molecular flexibility index (Phi) is 6.89. The van der Waals surface area contributed by atoms with Gasteiger partial charge in [0.05, 0.1) is 12.5 Å². The van der Waals surface area contributed by atoms with Crippen LogP contribution in [-0.2, 0) is 33.7 Å². The van der Waals surface area contributed by atoms with Gasteiger partial charge in [0, 0.05) is 23.1 Å². The van der Waals surface area contributed by atoms with Crippen LogP contribution >= 0.6 is 0 Å². The van der Waals surface area contributed by atoms with E-state index < -0.39 is 6.09 Å². The molecule has 0 radical (unpaired) electrons. The van der Waals surface area contributed by atoms with Crippen molar-refractivity contribution in [1.29, 1.82) is 0 Å². The molecule has 0 spiro atoms. The van der Waals surface area contributed by atoms with Crippen LogP contribution in [0.2, 0.25) is 0 Å². The summed E-state index contributed by atoms with van der Waals surface area (Å²) in [5.41, 5.74) is 3.72. The number of H-pyrrole nitrogens is 1. The molecule has 2 aromatic carbocycles. The molecule has 0 aliphatic rings. The third kappa shape index (κ3) is 5.85. The number of fused-ring (bicyclic) bond motifs is 1. The largest absolute Gasteiger partial charge is 0.463 e. The highest BCUT2D eigenvalue weighted by atomic mass is 16.5. The number of para-hydroxylation sites is 1. The van der Waals surface area contributed by atoms with Gasteiger partial charge in [0.25, 0.3) is 0 Å². The number of aromatic nitrogens is 1. The lowest BCUT2D eigenvalue weighted by molar-refractivity contribution is -0.146. The molecule has 0 unspecified atom stereocenters. The molecule has 6 heteroatoms. The lowest BCUT2D eigenvalue weighted by atomic mass is 10.1. The number of carbonyl (C=O) groups is 2. The first-order valence-electron chi connectivity index (χ1n) is 9.75. The van der Waals surface area contributed by atoms with Gasteiger partial charge in [0.1, 0.15) is 6.61 Å². The van der Waals surface area contributed by atoms with Crippen molar-refractivity contribution in [2.45, 2.75) is 39.4 Å². The van der Waals surface area contributed by atoms with Crippen LogP contribution in [0.5, 0.6) is 0 Å². The van der Waals surface area contributed by atoms with E-state index in [9.17, 15) is 9.59 Å². The van der Waals surface area contributed by atoms with Crippen molar-refractivity contribution in [2.24, 2.45) is 0 Å². The van der Waals surface area contributed by atoms with Crippen LogP contribution < -0.4 is 5.32 Å². The average Bonchev–Trinajstić information content (AvgIpc) is 3.03. The highest BCUT2D eigenvalue weighted by Crippen LogP contribution is 2.23. The molecule has 29 heavy (non-hydrogen) atoms. The predicted molar refractivity (Wildman–Crippen MR) is 112 cm³/mol. The number of rotatable bonds is 8. The summed E-state index contributed by atoms with van der Waals surface area (Å²) in [7, 11) is 0. The van der Waals surface area contributed by atoms with Gasteiger partial charge in [-0.05, 0) is 37.5 Å². The van der Waals surface area contributed by atoms with Gasteiger partial charge in [-0.1, -0.05) is 48.5 Å². The molecular formula is C23H26N2O4. The molecule has 152 valence electrons. The first-order chi connectivity index (χ1) is 14.0. The molecule has 0 saturated heterocycles. The summed E-state index contributed by atoms with van der Waals surface area (Å²) in [5, 5.41) is 3.82. The minimum atomic E-state index is -0.463. The van der Waals surface area contributed by atoms with Crippen LogP contribution in [-0.4, -0.2) is 29.7 Å². The minimum absolute atomic E-state index is 0.156. The van der Waals surface area contributed by atoms with Crippen molar-refractivity contribution in [3.8, 4) is 0 Å². The monoisotopic (exact) mass is 394 g/mol. The lowest BCUT2D eigenvalue weighted by Gasteiger charge is -2.10. The molecule has 3 aromatic rings. The first kappa shape index (κ1) is 20.5. The zero-order valence-electron chi connectivity index (χ0n) is 16.7. The first-order valence-corrected chi connectivity index (χ1v) is 9.75. The summed E-state index contributed by atoms with van der Waals surface area (Å²) in [6, 6.07) is 17.4. The zero-order valence-corrected chi connectivity index (χ0v) is 16.7. The van der Waals surface area contributed by atoms with E-state index in [-0.39, 0.29) is 25.1 Å². The number of amides is 1. The van der Waals surface area contributed by atoms with E-state index in [4.69, 9.17) is 9.47 Å². The molecule has 0 aliphatic carbocycles. The summed E-state index contributed by atoms with van der Waals surface area (Å²) in [5.74, 6) is -0.275. The normalized spacial score (nSPS) is 10.9. The van der Waals surface area contributed by atoms with Gasteiger partial charge in [-0.25, -0.2) is 4.79 Å². The molecule has 0 saturated carbocycles. The Morgan fingerprint density at radius 1 is 1.03 bits per heavy atom. The Hall–Kier alpha value is -3.28. The third-order valence-corrected chi connectivity index (χ3v) is 4.45. The standard InChI is InChI=1S/C23H26N2O4/c1-16(2)29-22(26)14-21-19(18-10-6-7-11-20(18)25-21)12-13-24-23(27)28-15-17-8-4-3-5-9-17/h3-11,16,25H,12-15H2,1-2H3,(H,24,27). The highest BCUT2D eigenvalue weighted by Gasteiger charge is 2.16. The van der Waals surface area contributed by atoms with E-state index >= 15 is 0 Å². The second-order valence-electron chi connectivity index (χ2n) is 7.08. The van der Waals surface area contributed by atoms with E-state index in [1.165, 1.54) is 0 Å². The predicted octanol–water partition coefficient (Wildman–Crippen LogP) is 4.13. The number of hydrogen-bond donors (Lipinski definition) is 2. The van der Waals surface area contributed by atoms with E-state index in [0.717, 1.165) is 27.7 Å². The summed E-state index contributed by atoms with van der Waals surface area (Å²) in [6.45, 7) is 4.29. The number of benzene rings is 2. The van der Waals surface area contributed by atoms with Crippen molar-refractivity contribution in [1.82, 2.24) is 10.3 Å². The third-order valence-electron chi connectivity index (χ3n) is 4.45. The number of ether oxygens (including phenoxy) is 2. The maximum atomic E-state index is 12.1. The van der Waals surface area contributed by atoms with E-state index in [0.29, 0.717) is 13.0 Å². The Bertz CT molecular complexity index is 963. The summed E-state index contributed by atoms with van der Waals surface area (Å²) in [4.78, 5) is 27.4. The topological polar surface area (TPSA) is 80.4 Å². The number of hydrogen-bond acceptors (Lipinski definition) is 4. The van der Waals surface area contributed by atoms with Crippen molar-refractivity contribution in [3.05, 3.63) is 71.4 Å². The number of aromatic amines is 1. The van der Waals surface area contributed by atoms with E-state index in [1.54, 1.807) is 0 Å². The Morgan fingerprint density at radius 3 is 2.52 bits per heavy atom. The second kappa shape index (κ2) is 9.78. The summed E-state index contributed by atoms with van der Waals surface area (Å²) < 4.78 is 10.5. The Labute approximate surface area is 170 Å². The quantitative estimate of drug-likeness (QED) is 0.563. The van der Waals surface area contributed by atoms with Gasteiger partial charge in [0.2, 0.25) is 0 Å². The lowest BCUT2D eigenvalue weighted by Crippen LogP contribution is -2.26. The molecule has 0 atom stereocenters.